The van der Waals surface area contributed by atoms with Gasteiger partial charge in [0.2, 0.25) is 11.8 Å². The summed E-state index contributed by atoms with van der Waals surface area (Å²) in [6.45, 7) is 1.77. The number of furan rings is 1. The third-order valence-electron chi connectivity index (χ3n) is 6.91. The fourth-order valence-corrected chi connectivity index (χ4v) is 5.92. The van der Waals surface area contributed by atoms with E-state index in [9.17, 15) is 24.3 Å². The number of halogens is 1. The molecule has 2 aliphatic rings. The van der Waals surface area contributed by atoms with Gasteiger partial charge in [0.15, 0.2) is 0 Å². The number of fused-ring (bicyclic) bond motifs is 1. The van der Waals surface area contributed by atoms with Crippen LogP contribution in [0.25, 0.3) is 0 Å². The lowest BCUT2D eigenvalue weighted by Crippen LogP contribution is -2.58. The van der Waals surface area contributed by atoms with E-state index in [2.05, 4.69) is 21.2 Å². The summed E-state index contributed by atoms with van der Waals surface area (Å²) < 4.78 is 11.3. The third-order valence-corrected chi connectivity index (χ3v) is 7.57. The number of carbonyl (C=O) groups is 4. The number of hydrogen-bond donors (Lipinski definition) is 2. The molecule has 3 aromatic rings. The summed E-state index contributed by atoms with van der Waals surface area (Å²) in [6, 6.07) is 15.9. The summed E-state index contributed by atoms with van der Waals surface area (Å²) in [4.78, 5) is 54.1. The number of hydrogen-bond acceptors (Lipinski definition) is 7. The van der Waals surface area contributed by atoms with Gasteiger partial charge in [0, 0.05) is 10.9 Å². The Hall–Kier alpha value is -3.76. The Labute approximate surface area is 220 Å². The molecule has 1 aromatic heterocycles. The van der Waals surface area contributed by atoms with Gasteiger partial charge in [0.05, 0.1) is 42.0 Å². The monoisotopic (exact) mass is 566 g/mol. The predicted molar refractivity (Wildman–Crippen MR) is 135 cm³/mol. The van der Waals surface area contributed by atoms with E-state index >= 15 is 0 Å². The second kappa shape index (κ2) is 9.60. The van der Waals surface area contributed by atoms with E-state index in [-0.39, 0.29) is 28.8 Å². The van der Waals surface area contributed by atoms with Gasteiger partial charge in [-0.25, -0.2) is 9.69 Å². The molecule has 0 radical (unpaired) electrons. The lowest BCUT2D eigenvalue weighted by atomic mass is 9.76. The van der Waals surface area contributed by atoms with Gasteiger partial charge in [-0.15, -0.1) is 0 Å². The van der Waals surface area contributed by atoms with Crippen LogP contribution in [0, 0.1) is 11.8 Å². The molecule has 5 rings (SSSR count). The number of benzene rings is 2. The number of carboxylic acids is 1. The van der Waals surface area contributed by atoms with Gasteiger partial charge >= 0.3 is 11.9 Å². The fraction of sp³-hybridized carbons (Fsp3) is 0.259. The first-order chi connectivity index (χ1) is 17.8. The minimum absolute atomic E-state index is 0.0110. The molecule has 2 fully saturated rings. The average Bonchev–Trinajstić information content (AvgIpc) is 3.57. The second-order valence-electron chi connectivity index (χ2n) is 8.98. The van der Waals surface area contributed by atoms with Gasteiger partial charge in [-0.2, -0.15) is 0 Å². The van der Waals surface area contributed by atoms with Crippen LogP contribution in [0.2, 0.25) is 0 Å². The van der Waals surface area contributed by atoms with E-state index in [0.29, 0.717) is 5.76 Å². The maximum atomic E-state index is 14.1. The minimum Gasteiger partial charge on any atom is -0.478 e. The largest absolute Gasteiger partial charge is 0.478 e. The number of esters is 1. The zero-order valence-corrected chi connectivity index (χ0v) is 21.3. The van der Waals surface area contributed by atoms with Crippen LogP contribution in [0.4, 0.5) is 5.69 Å². The maximum Gasteiger partial charge on any atom is 0.336 e. The Morgan fingerprint density at radius 3 is 2.49 bits per heavy atom. The molecule has 0 bridgehead atoms. The summed E-state index contributed by atoms with van der Waals surface area (Å²) in [7, 11) is 0. The molecule has 0 spiro atoms. The van der Waals surface area contributed by atoms with E-state index < -0.39 is 47.2 Å². The molecule has 2 saturated heterocycles. The van der Waals surface area contributed by atoms with Crippen LogP contribution in [-0.2, 0) is 25.5 Å². The molecule has 3 heterocycles. The quantitative estimate of drug-likeness (QED) is 0.327. The summed E-state index contributed by atoms with van der Waals surface area (Å²) >= 11 is 3.22. The zero-order valence-electron chi connectivity index (χ0n) is 19.7. The third kappa shape index (κ3) is 4.06. The number of carbonyl (C=O) groups excluding carboxylic acids is 3. The molecule has 9 nitrogen and oxygen atoms in total. The van der Waals surface area contributed by atoms with Crippen molar-refractivity contribution in [2.24, 2.45) is 11.8 Å². The number of aromatic carboxylic acids is 1. The lowest BCUT2D eigenvalue weighted by molar-refractivity contribution is -0.154. The van der Waals surface area contributed by atoms with Crippen molar-refractivity contribution in [1.82, 2.24) is 5.32 Å². The summed E-state index contributed by atoms with van der Waals surface area (Å²) in [5.74, 6) is -4.50. The molecule has 2 aliphatic heterocycles. The van der Waals surface area contributed by atoms with Crippen LogP contribution in [0.3, 0.4) is 0 Å². The summed E-state index contributed by atoms with van der Waals surface area (Å²) in [6.07, 6.45) is 1.58. The molecule has 2 aromatic carbocycles. The van der Waals surface area contributed by atoms with Crippen molar-refractivity contribution in [3.8, 4) is 0 Å². The van der Waals surface area contributed by atoms with Crippen molar-refractivity contribution in [2.75, 3.05) is 11.5 Å². The first-order valence-electron chi connectivity index (χ1n) is 11.7. The molecule has 2 N–H and O–H groups in total. The smallest absolute Gasteiger partial charge is 0.336 e. The highest BCUT2D eigenvalue weighted by Gasteiger charge is 2.69. The van der Waals surface area contributed by atoms with Gasteiger partial charge in [-0.3, -0.25) is 19.7 Å². The normalized spacial score (nSPS) is 24.8. The zero-order chi connectivity index (χ0) is 26.3. The molecule has 37 heavy (non-hydrogen) atoms. The Kier molecular flexibility index (Phi) is 6.47. The number of amides is 2. The van der Waals surface area contributed by atoms with Gasteiger partial charge in [-0.05, 0) is 58.7 Å². The molecular formula is C27H23BrN2O7. The van der Waals surface area contributed by atoms with Crippen LogP contribution < -0.4 is 10.2 Å². The number of nitrogens with zero attached hydrogens (tertiary/aromatic N) is 1. The molecule has 4 atom stereocenters. The first-order valence-corrected chi connectivity index (χ1v) is 12.5. The number of nitrogens with one attached hydrogen (secondary N) is 1. The highest BCUT2D eigenvalue weighted by atomic mass is 79.9. The van der Waals surface area contributed by atoms with Crippen molar-refractivity contribution < 1.29 is 33.4 Å². The summed E-state index contributed by atoms with van der Waals surface area (Å²) in [5, 5.41) is 12.7. The van der Waals surface area contributed by atoms with Crippen LogP contribution in [0.15, 0.2) is 75.8 Å². The molecule has 0 saturated carbocycles. The van der Waals surface area contributed by atoms with Crippen molar-refractivity contribution in [3.05, 3.63) is 88.3 Å². The van der Waals surface area contributed by atoms with Crippen molar-refractivity contribution in [3.63, 3.8) is 0 Å². The lowest BCUT2D eigenvalue weighted by Gasteiger charge is -2.33. The molecule has 10 heteroatoms. The fourth-order valence-electron chi connectivity index (χ4n) is 5.39. The SMILES string of the molecule is CCOC(=O)[C@@]1(Cc2ccccc2)N[C@@H](c2ccco2)[C@H]2C(=O)N(c3ccc(C(=O)O)c(Br)c3)C(=O)[C@H]21. The summed E-state index contributed by atoms with van der Waals surface area (Å²) in [5.41, 5.74) is -0.562. The second-order valence-corrected chi connectivity index (χ2v) is 9.83. The Bertz CT molecular complexity index is 1370. The van der Waals surface area contributed by atoms with E-state index in [4.69, 9.17) is 9.15 Å². The van der Waals surface area contributed by atoms with Crippen molar-refractivity contribution in [1.29, 1.82) is 0 Å². The van der Waals surface area contributed by atoms with Crippen LogP contribution in [0.1, 0.15) is 34.6 Å². The van der Waals surface area contributed by atoms with E-state index in [1.807, 2.05) is 30.3 Å². The average molecular weight is 567 g/mol. The number of anilines is 1. The number of ether oxygens (including phenoxy) is 1. The molecule has 0 unspecified atom stereocenters. The number of carboxylic acid groups (broad SMARTS) is 1. The van der Waals surface area contributed by atoms with Crippen molar-refractivity contribution in [2.45, 2.75) is 24.9 Å². The van der Waals surface area contributed by atoms with Crippen LogP contribution in [-0.4, -0.2) is 41.0 Å². The predicted octanol–water partition coefficient (Wildman–Crippen LogP) is 3.74. The number of imide groups is 1. The van der Waals surface area contributed by atoms with Crippen molar-refractivity contribution >= 4 is 45.4 Å². The van der Waals surface area contributed by atoms with E-state index in [1.165, 1.54) is 24.5 Å². The van der Waals surface area contributed by atoms with Crippen LogP contribution in [0.5, 0.6) is 0 Å². The van der Waals surface area contributed by atoms with Gasteiger partial charge < -0.3 is 14.3 Å². The molecule has 190 valence electrons. The Morgan fingerprint density at radius 1 is 1.11 bits per heavy atom. The van der Waals surface area contributed by atoms with Crippen LogP contribution >= 0.6 is 15.9 Å². The van der Waals surface area contributed by atoms with Gasteiger partial charge in [-0.1, -0.05) is 30.3 Å². The Balaban J connectivity index is 1.65. The highest BCUT2D eigenvalue weighted by molar-refractivity contribution is 9.10. The molecule has 2 amide bonds. The maximum absolute atomic E-state index is 14.1. The highest BCUT2D eigenvalue weighted by Crippen LogP contribution is 2.51. The number of rotatable bonds is 7. The molecule has 0 aliphatic carbocycles. The van der Waals surface area contributed by atoms with Gasteiger partial charge in [0.25, 0.3) is 0 Å². The molecular weight excluding hydrogens is 544 g/mol. The standard InChI is InChI=1S/C27H23BrN2O7/c1-2-36-26(35)27(14-15-7-4-3-5-8-15)21-20(22(29-27)19-9-6-12-37-19)23(31)30(24(21)32)16-10-11-17(25(33)34)18(28)13-16/h3-13,20-22,29H,2,14H2,1H3,(H,33,34)/t20-,21-,22-,27-/m0/s1. The van der Waals surface area contributed by atoms with E-state index in [1.54, 1.807) is 19.1 Å². The Morgan fingerprint density at radius 2 is 1.86 bits per heavy atom. The van der Waals surface area contributed by atoms with E-state index in [0.717, 1.165) is 10.5 Å². The minimum atomic E-state index is -1.54. The first kappa shape index (κ1) is 24.9. The topological polar surface area (TPSA) is 126 Å². The van der Waals surface area contributed by atoms with Gasteiger partial charge in [0.1, 0.15) is 11.3 Å².